The Bertz CT molecular complexity index is 562. The van der Waals surface area contributed by atoms with Crippen LogP contribution in [0.3, 0.4) is 0 Å². The molecule has 1 amide bonds. The summed E-state index contributed by atoms with van der Waals surface area (Å²) in [5.41, 5.74) is 0.195. The van der Waals surface area contributed by atoms with Crippen LogP contribution in [0.2, 0.25) is 0 Å². The average molecular weight is 333 g/mol. The van der Waals surface area contributed by atoms with Gasteiger partial charge in [0.15, 0.2) is 0 Å². The number of rotatable bonds is 8. The van der Waals surface area contributed by atoms with Crippen molar-refractivity contribution >= 4 is 22.0 Å². The van der Waals surface area contributed by atoms with Gasteiger partial charge in [-0.25, -0.2) is 4.79 Å². The SMILES string of the molecule is C=C(C)C(=O)OC(C)/C=C(/OS(=O)(=O)CCC)C(=O)N(C)C. The summed E-state index contributed by atoms with van der Waals surface area (Å²) in [6.07, 6.45) is 0.655. The standard InChI is InChI=1S/C14H23NO6S/c1-7-8-22(18,19)21-12(13(16)15(5)6)9-11(4)20-14(17)10(2)3/h9,11H,2,7-8H2,1,3-6H3/b12-9+. The Kier molecular flexibility index (Phi) is 7.86. The van der Waals surface area contributed by atoms with Crippen LogP contribution in [0.25, 0.3) is 0 Å². The molecule has 126 valence electrons. The second-order valence-corrected chi connectivity index (χ2v) is 6.66. The Morgan fingerprint density at radius 2 is 1.86 bits per heavy atom. The minimum Gasteiger partial charge on any atom is -0.455 e. The summed E-state index contributed by atoms with van der Waals surface area (Å²) < 4.78 is 33.3. The predicted octanol–water partition coefficient (Wildman–Crippen LogP) is 1.22. The summed E-state index contributed by atoms with van der Waals surface area (Å²) in [5, 5.41) is 0. The van der Waals surface area contributed by atoms with E-state index in [2.05, 4.69) is 6.58 Å². The molecular weight excluding hydrogens is 310 g/mol. The van der Waals surface area contributed by atoms with Crippen molar-refractivity contribution in [1.82, 2.24) is 4.90 Å². The van der Waals surface area contributed by atoms with Gasteiger partial charge >= 0.3 is 16.1 Å². The molecule has 0 aromatic carbocycles. The zero-order chi connectivity index (χ0) is 17.5. The Labute approximate surface area is 131 Å². The van der Waals surface area contributed by atoms with E-state index in [1.807, 2.05) is 0 Å². The predicted molar refractivity (Wildman–Crippen MR) is 82.3 cm³/mol. The fraction of sp³-hybridized carbons (Fsp3) is 0.571. The number of hydrogen-bond donors (Lipinski definition) is 0. The third-order valence-corrected chi connectivity index (χ3v) is 3.66. The van der Waals surface area contributed by atoms with Crippen LogP contribution in [-0.2, 0) is 28.6 Å². The number of ether oxygens (including phenoxy) is 1. The number of hydrogen-bond acceptors (Lipinski definition) is 6. The van der Waals surface area contributed by atoms with E-state index in [1.54, 1.807) is 6.92 Å². The summed E-state index contributed by atoms with van der Waals surface area (Å²) in [6.45, 7) is 8.08. The van der Waals surface area contributed by atoms with Crippen molar-refractivity contribution in [1.29, 1.82) is 0 Å². The molecule has 22 heavy (non-hydrogen) atoms. The van der Waals surface area contributed by atoms with Gasteiger partial charge in [-0.15, -0.1) is 0 Å². The van der Waals surface area contributed by atoms with Crippen LogP contribution in [0, 0.1) is 0 Å². The van der Waals surface area contributed by atoms with Gasteiger partial charge in [-0.1, -0.05) is 13.5 Å². The van der Waals surface area contributed by atoms with Gasteiger partial charge in [0.1, 0.15) is 6.10 Å². The van der Waals surface area contributed by atoms with Gasteiger partial charge in [0, 0.05) is 25.7 Å². The lowest BCUT2D eigenvalue weighted by Gasteiger charge is -2.16. The van der Waals surface area contributed by atoms with E-state index in [0.29, 0.717) is 6.42 Å². The first-order valence-electron chi connectivity index (χ1n) is 6.72. The van der Waals surface area contributed by atoms with Gasteiger partial charge in [-0.2, -0.15) is 8.42 Å². The summed E-state index contributed by atoms with van der Waals surface area (Å²) in [7, 11) is -0.964. The fourth-order valence-corrected chi connectivity index (χ4v) is 2.28. The molecule has 7 nitrogen and oxygen atoms in total. The van der Waals surface area contributed by atoms with Crippen LogP contribution >= 0.6 is 0 Å². The molecule has 0 heterocycles. The van der Waals surface area contributed by atoms with Gasteiger partial charge < -0.3 is 13.8 Å². The molecule has 0 aliphatic rings. The Morgan fingerprint density at radius 3 is 2.27 bits per heavy atom. The molecule has 0 saturated carbocycles. The van der Waals surface area contributed by atoms with Crippen molar-refractivity contribution in [3.63, 3.8) is 0 Å². The van der Waals surface area contributed by atoms with Crippen LogP contribution in [-0.4, -0.2) is 51.1 Å². The highest BCUT2D eigenvalue weighted by Gasteiger charge is 2.22. The Morgan fingerprint density at radius 1 is 1.32 bits per heavy atom. The van der Waals surface area contributed by atoms with E-state index in [1.165, 1.54) is 32.8 Å². The van der Waals surface area contributed by atoms with E-state index < -0.39 is 33.9 Å². The number of nitrogens with zero attached hydrogens (tertiary/aromatic N) is 1. The van der Waals surface area contributed by atoms with Crippen LogP contribution in [0.1, 0.15) is 27.2 Å². The van der Waals surface area contributed by atoms with Crippen LogP contribution in [0.4, 0.5) is 0 Å². The maximum atomic E-state index is 12.0. The number of carbonyl (C=O) groups excluding carboxylic acids is 2. The summed E-state index contributed by atoms with van der Waals surface area (Å²) in [6, 6.07) is 0. The van der Waals surface area contributed by atoms with Crippen molar-refractivity contribution in [2.45, 2.75) is 33.3 Å². The molecule has 1 atom stereocenters. The second kappa shape index (κ2) is 8.57. The molecule has 0 aromatic rings. The number of esters is 1. The summed E-state index contributed by atoms with van der Waals surface area (Å²) >= 11 is 0. The number of carbonyl (C=O) groups is 2. The Balaban J connectivity index is 5.32. The van der Waals surface area contributed by atoms with E-state index in [9.17, 15) is 18.0 Å². The zero-order valence-corrected chi connectivity index (χ0v) is 14.4. The third-order valence-electron chi connectivity index (χ3n) is 2.32. The maximum absolute atomic E-state index is 12.0. The molecule has 0 fully saturated rings. The highest BCUT2D eigenvalue weighted by Crippen LogP contribution is 2.12. The molecule has 0 rings (SSSR count). The Hall–Kier alpha value is -1.83. The van der Waals surface area contributed by atoms with E-state index >= 15 is 0 Å². The topological polar surface area (TPSA) is 90.0 Å². The number of amides is 1. The maximum Gasteiger partial charge on any atom is 0.333 e. The first-order valence-corrected chi connectivity index (χ1v) is 8.30. The normalized spacial score (nSPS) is 13.2. The molecule has 0 spiro atoms. The van der Waals surface area contributed by atoms with Gasteiger partial charge in [0.25, 0.3) is 5.91 Å². The molecule has 8 heteroatoms. The molecule has 0 aromatic heterocycles. The minimum absolute atomic E-state index is 0.195. The van der Waals surface area contributed by atoms with Crippen LogP contribution in [0.15, 0.2) is 24.0 Å². The highest BCUT2D eigenvalue weighted by molar-refractivity contribution is 7.86. The molecule has 0 bridgehead atoms. The summed E-state index contributed by atoms with van der Waals surface area (Å²) in [5.74, 6) is -1.90. The molecular formula is C14H23NO6S. The largest absolute Gasteiger partial charge is 0.455 e. The van der Waals surface area contributed by atoms with Crippen molar-refractivity contribution in [3.05, 3.63) is 24.0 Å². The lowest BCUT2D eigenvalue weighted by atomic mass is 10.3. The molecule has 0 aliphatic heterocycles. The van der Waals surface area contributed by atoms with Crippen LogP contribution < -0.4 is 0 Å². The van der Waals surface area contributed by atoms with Crippen LogP contribution in [0.5, 0.6) is 0 Å². The van der Waals surface area contributed by atoms with E-state index in [4.69, 9.17) is 8.92 Å². The fourth-order valence-electron chi connectivity index (χ4n) is 1.30. The van der Waals surface area contributed by atoms with Gasteiger partial charge in [0.2, 0.25) is 5.76 Å². The summed E-state index contributed by atoms with van der Waals surface area (Å²) in [4.78, 5) is 24.6. The van der Waals surface area contributed by atoms with Crippen molar-refractivity contribution in [2.24, 2.45) is 0 Å². The van der Waals surface area contributed by atoms with E-state index in [-0.39, 0.29) is 11.3 Å². The average Bonchev–Trinajstić information content (AvgIpc) is 2.35. The van der Waals surface area contributed by atoms with Gasteiger partial charge in [-0.3, -0.25) is 4.79 Å². The monoisotopic (exact) mass is 333 g/mol. The first-order chi connectivity index (χ1) is 10.00. The van der Waals surface area contributed by atoms with Crippen molar-refractivity contribution in [3.8, 4) is 0 Å². The first kappa shape index (κ1) is 20.2. The molecule has 1 unspecified atom stereocenters. The number of likely N-dealkylation sites (N-methyl/N-ethyl adjacent to an activating group) is 1. The van der Waals surface area contributed by atoms with Gasteiger partial charge in [-0.05, 0) is 20.3 Å². The molecule has 0 radical (unpaired) electrons. The van der Waals surface area contributed by atoms with Crippen molar-refractivity contribution in [2.75, 3.05) is 19.8 Å². The van der Waals surface area contributed by atoms with E-state index in [0.717, 1.165) is 6.08 Å². The molecule has 0 aliphatic carbocycles. The third kappa shape index (κ3) is 7.26. The molecule has 0 saturated heterocycles. The lowest BCUT2D eigenvalue weighted by Crippen LogP contribution is -2.28. The highest BCUT2D eigenvalue weighted by atomic mass is 32.2. The smallest absolute Gasteiger partial charge is 0.333 e. The minimum atomic E-state index is -3.87. The van der Waals surface area contributed by atoms with Gasteiger partial charge in [0.05, 0.1) is 5.75 Å². The second-order valence-electron chi connectivity index (χ2n) is 4.97. The van der Waals surface area contributed by atoms with Crippen molar-refractivity contribution < 1.29 is 26.9 Å². The lowest BCUT2D eigenvalue weighted by molar-refractivity contribution is -0.141. The zero-order valence-electron chi connectivity index (χ0n) is 13.6. The molecule has 0 N–H and O–H groups in total. The quantitative estimate of drug-likeness (QED) is 0.287.